The molecule has 1 saturated heterocycles. The highest BCUT2D eigenvalue weighted by atomic mass is 127. The van der Waals surface area contributed by atoms with Crippen molar-refractivity contribution >= 4 is 29.9 Å². The van der Waals surface area contributed by atoms with Crippen LogP contribution in [0.4, 0.5) is 0 Å². The lowest BCUT2D eigenvalue weighted by Crippen LogP contribution is -2.51. The lowest BCUT2D eigenvalue weighted by Gasteiger charge is -2.37. The van der Waals surface area contributed by atoms with E-state index in [4.69, 9.17) is 4.99 Å². The third-order valence-electron chi connectivity index (χ3n) is 3.98. The van der Waals surface area contributed by atoms with E-state index in [1.165, 1.54) is 12.8 Å². The summed E-state index contributed by atoms with van der Waals surface area (Å²) < 4.78 is 0. The van der Waals surface area contributed by atoms with Crippen LogP contribution >= 0.6 is 24.0 Å². The molecule has 1 unspecified atom stereocenters. The van der Waals surface area contributed by atoms with Gasteiger partial charge in [0.2, 0.25) is 0 Å². The average molecular weight is 411 g/mol. The number of guanidine groups is 1. The van der Waals surface area contributed by atoms with E-state index < -0.39 is 0 Å². The van der Waals surface area contributed by atoms with Gasteiger partial charge in [-0.1, -0.05) is 13.3 Å². The number of halogens is 1. The van der Waals surface area contributed by atoms with Gasteiger partial charge in [0.1, 0.15) is 0 Å². The van der Waals surface area contributed by atoms with Crippen LogP contribution in [0, 0.1) is 0 Å². The SMILES string of the molecule is CCCCN(C)C(=NCC1CN(C)CCN1C)NCC.I. The Hall–Kier alpha value is -0.0800. The summed E-state index contributed by atoms with van der Waals surface area (Å²) in [4.78, 5) is 11.9. The largest absolute Gasteiger partial charge is 0.357 e. The lowest BCUT2D eigenvalue weighted by atomic mass is 10.2. The van der Waals surface area contributed by atoms with Crippen LogP contribution in [0.3, 0.4) is 0 Å². The van der Waals surface area contributed by atoms with Gasteiger partial charge in [0.25, 0.3) is 0 Å². The summed E-state index contributed by atoms with van der Waals surface area (Å²) >= 11 is 0. The van der Waals surface area contributed by atoms with E-state index in [2.05, 4.69) is 55.0 Å². The molecule has 1 aliphatic heterocycles. The second-order valence-corrected chi connectivity index (χ2v) is 5.87. The Labute approximate surface area is 148 Å². The molecule has 1 rings (SSSR count). The van der Waals surface area contributed by atoms with Gasteiger partial charge in [0.05, 0.1) is 6.54 Å². The Balaban J connectivity index is 0.00000400. The van der Waals surface area contributed by atoms with Crippen molar-refractivity contribution in [2.75, 3.05) is 60.4 Å². The van der Waals surface area contributed by atoms with Crippen molar-refractivity contribution in [2.45, 2.75) is 32.7 Å². The minimum atomic E-state index is 0. The number of rotatable bonds is 6. The van der Waals surface area contributed by atoms with Crippen LogP contribution in [-0.2, 0) is 0 Å². The summed E-state index contributed by atoms with van der Waals surface area (Å²) in [6.45, 7) is 10.6. The zero-order chi connectivity index (χ0) is 15.0. The van der Waals surface area contributed by atoms with Crippen LogP contribution in [0.25, 0.3) is 0 Å². The van der Waals surface area contributed by atoms with Crippen molar-refractivity contribution < 1.29 is 0 Å². The maximum atomic E-state index is 4.84. The predicted molar refractivity (Wildman–Crippen MR) is 103 cm³/mol. The molecule has 21 heavy (non-hydrogen) atoms. The number of likely N-dealkylation sites (N-methyl/N-ethyl adjacent to an activating group) is 2. The molecule has 1 atom stereocenters. The van der Waals surface area contributed by atoms with Gasteiger partial charge in [-0.25, -0.2) is 0 Å². The average Bonchev–Trinajstić information content (AvgIpc) is 2.44. The van der Waals surface area contributed by atoms with Crippen LogP contribution in [0.5, 0.6) is 0 Å². The fourth-order valence-electron chi connectivity index (χ4n) is 2.46. The third kappa shape index (κ3) is 7.65. The zero-order valence-corrected chi connectivity index (χ0v) is 16.8. The first-order valence-corrected chi connectivity index (χ1v) is 7.96. The summed E-state index contributed by atoms with van der Waals surface area (Å²) in [5.74, 6) is 1.04. The first-order valence-electron chi connectivity index (χ1n) is 7.96. The molecule has 0 saturated carbocycles. The molecule has 1 aliphatic rings. The molecule has 1 fully saturated rings. The summed E-state index contributed by atoms with van der Waals surface area (Å²) in [6.07, 6.45) is 2.44. The molecule has 1 heterocycles. The fourth-order valence-corrected chi connectivity index (χ4v) is 2.46. The van der Waals surface area contributed by atoms with Crippen molar-refractivity contribution in [1.82, 2.24) is 20.0 Å². The highest BCUT2D eigenvalue weighted by Crippen LogP contribution is 2.06. The highest BCUT2D eigenvalue weighted by Gasteiger charge is 2.21. The Morgan fingerprint density at radius 2 is 2.00 bits per heavy atom. The second-order valence-electron chi connectivity index (χ2n) is 5.87. The Morgan fingerprint density at radius 1 is 1.29 bits per heavy atom. The zero-order valence-electron chi connectivity index (χ0n) is 14.4. The number of unbranched alkanes of at least 4 members (excludes halogenated alkanes) is 1. The van der Waals surface area contributed by atoms with Crippen molar-refractivity contribution in [3.8, 4) is 0 Å². The van der Waals surface area contributed by atoms with Gasteiger partial charge in [-0.3, -0.25) is 9.89 Å². The molecule has 0 aromatic heterocycles. The van der Waals surface area contributed by atoms with E-state index in [1.807, 2.05) is 0 Å². The van der Waals surface area contributed by atoms with E-state index >= 15 is 0 Å². The van der Waals surface area contributed by atoms with Crippen molar-refractivity contribution in [2.24, 2.45) is 4.99 Å². The van der Waals surface area contributed by atoms with E-state index in [1.54, 1.807) is 0 Å². The fraction of sp³-hybridized carbons (Fsp3) is 0.933. The summed E-state index contributed by atoms with van der Waals surface area (Å²) in [5.41, 5.74) is 0. The minimum absolute atomic E-state index is 0. The molecule has 0 aliphatic carbocycles. The van der Waals surface area contributed by atoms with Gasteiger partial charge in [-0.05, 0) is 27.4 Å². The summed E-state index contributed by atoms with van der Waals surface area (Å²) in [6, 6.07) is 0.530. The van der Waals surface area contributed by atoms with Crippen LogP contribution < -0.4 is 5.32 Å². The highest BCUT2D eigenvalue weighted by molar-refractivity contribution is 14.0. The van der Waals surface area contributed by atoms with Gasteiger partial charge in [-0.15, -0.1) is 24.0 Å². The van der Waals surface area contributed by atoms with E-state index in [-0.39, 0.29) is 24.0 Å². The van der Waals surface area contributed by atoms with Crippen molar-refractivity contribution in [3.05, 3.63) is 0 Å². The number of nitrogens with zero attached hydrogens (tertiary/aromatic N) is 4. The van der Waals surface area contributed by atoms with Gasteiger partial charge in [-0.2, -0.15) is 0 Å². The number of hydrogen-bond acceptors (Lipinski definition) is 3. The third-order valence-corrected chi connectivity index (χ3v) is 3.98. The van der Waals surface area contributed by atoms with Crippen LogP contribution in [0.15, 0.2) is 4.99 Å². The van der Waals surface area contributed by atoms with Gasteiger partial charge >= 0.3 is 0 Å². The van der Waals surface area contributed by atoms with E-state index in [9.17, 15) is 0 Å². The minimum Gasteiger partial charge on any atom is -0.357 e. The van der Waals surface area contributed by atoms with Crippen molar-refractivity contribution in [3.63, 3.8) is 0 Å². The van der Waals surface area contributed by atoms with Crippen molar-refractivity contribution in [1.29, 1.82) is 0 Å². The van der Waals surface area contributed by atoms with Gasteiger partial charge < -0.3 is 15.1 Å². The van der Waals surface area contributed by atoms with Crippen LogP contribution in [-0.4, -0.2) is 87.1 Å². The maximum Gasteiger partial charge on any atom is 0.193 e. The van der Waals surface area contributed by atoms with Crippen LogP contribution in [0.2, 0.25) is 0 Å². The number of hydrogen-bond donors (Lipinski definition) is 1. The lowest BCUT2D eigenvalue weighted by molar-refractivity contribution is 0.119. The molecule has 0 spiro atoms. The number of aliphatic imine (C=N–C) groups is 1. The topological polar surface area (TPSA) is 34.1 Å². The molecule has 0 radical (unpaired) electrons. The van der Waals surface area contributed by atoms with Gasteiger partial charge in [0.15, 0.2) is 5.96 Å². The predicted octanol–water partition coefficient (Wildman–Crippen LogP) is 1.55. The maximum absolute atomic E-state index is 4.84. The molecule has 6 heteroatoms. The molecule has 126 valence electrons. The first kappa shape index (κ1) is 20.9. The molecule has 0 aromatic rings. The molecule has 1 N–H and O–H groups in total. The van der Waals surface area contributed by atoms with Crippen LogP contribution in [0.1, 0.15) is 26.7 Å². The molecule has 0 bridgehead atoms. The Bertz CT molecular complexity index is 298. The monoisotopic (exact) mass is 411 g/mol. The quantitative estimate of drug-likeness (QED) is 0.409. The smallest absolute Gasteiger partial charge is 0.193 e. The molecule has 0 amide bonds. The molecular formula is C15H34IN5. The number of piperazine rings is 1. The standard InChI is InChI=1S/C15H33N5.HI/c1-6-8-9-20(5)15(16-7-2)17-12-14-13-18(3)10-11-19(14)4;/h14H,6-13H2,1-5H3,(H,16,17);1H. The normalized spacial score (nSPS) is 21.0. The Morgan fingerprint density at radius 3 is 2.62 bits per heavy atom. The number of nitrogens with one attached hydrogen (secondary N) is 1. The first-order chi connectivity index (χ1) is 9.58. The molecule has 0 aromatic carbocycles. The molecule has 5 nitrogen and oxygen atoms in total. The van der Waals surface area contributed by atoms with Gasteiger partial charge in [0, 0.05) is 45.8 Å². The van der Waals surface area contributed by atoms with E-state index in [0.29, 0.717) is 6.04 Å². The second kappa shape index (κ2) is 11.5. The molecular weight excluding hydrogens is 377 g/mol. The summed E-state index contributed by atoms with van der Waals surface area (Å²) in [5, 5.41) is 3.40. The summed E-state index contributed by atoms with van der Waals surface area (Å²) in [7, 11) is 6.54. The van der Waals surface area contributed by atoms with E-state index in [0.717, 1.165) is 45.2 Å². The Kier molecular flexibility index (Phi) is 11.4.